The van der Waals surface area contributed by atoms with Crippen LogP contribution >= 0.6 is 0 Å². The maximum absolute atomic E-state index is 12.1. The Balaban J connectivity index is 5.16. The van der Waals surface area contributed by atoms with Gasteiger partial charge in [0.05, 0.1) is 7.11 Å². The number of carbonyl (C=O) groups is 2. The first kappa shape index (κ1) is 16.7. The van der Waals surface area contributed by atoms with Crippen LogP contribution in [0.4, 0.5) is 4.79 Å². The Bertz CT molecular complexity index is 309. The van der Waals surface area contributed by atoms with E-state index in [1.54, 1.807) is 34.6 Å². The average molecular weight is 259 g/mol. The Kier molecular flexibility index (Phi) is 5.64. The number of esters is 1. The van der Waals surface area contributed by atoms with E-state index in [1.165, 1.54) is 12.0 Å². The van der Waals surface area contributed by atoms with Gasteiger partial charge in [0.15, 0.2) is 0 Å². The molecule has 1 atom stereocenters. The highest BCUT2D eigenvalue weighted by molar-refractivity contribution is 5.85. The summed E-state index contributed by atoms with van der Waals surface area (Å²) in [5, 5.41) is 0. The van der Waals surface area contributed by atoms with Crippen LogP contribution in [0, 0.1) is 0 Å². The molecule has 0 fully saturated rings. The van der Waals surface area contributed by atoms with Crippen LogP contribution in [-0.2, 0) is 14.3 Å². The molecule has 0 aliphatic rings. The summed E-state index contributed by atoms with van der Waals surface area (Å²) in [6.45, 7) is 11.1. The van der Waals surface area contributed by atoms with Crippen LogP contribution in [0.25, 0.3) is 0 Å². The fourth-order valence-corrected chi connectivity index (χ4v) is 1.66. The van der Waals surface area contributed by atoms with Crippen LogP contribution < -0.4 is 0 Å². The predicted octanol–water partition coefficient (Wildman–Crippen LogP) is 2.59. The lowest BCUT2D eigenvalue weighted by Gasteiger charge is -2.38. The summed E-state index contributed by atoms with van der Waals surface area (Å²) in [6.07, 6.45) is -0.0352. The number of hydrogen-bond acceptors (Lipinski definition) is 4. The predicted molar refractivity (Wildman–Crippen MR) is 69.3 cm³/mol. The molecule has 0 saturated carbocycles. The molecule has 0 saturated heterocycles. The minimum absolute atomic E-state index is 0.383. The van der Waals surface area contributed by atoms with Crippen molar-refractivity contribution in [1.82, 2.24) is 4.90 Å². The minimum atomic E-state index is -0.994. The van der Waals surface area contributed by atoms with E-state index in [0.717, 1.165) is 0 Å². The van der Waals surface area contributed by atoms with Crippen LogP contribution in [0.3, 0.4) is 0 Å². The molecule has 106 valence electrons. The van der Waals surface area contributed by atoms with Crippen molar-refractivity contribution in [2.75, 3.05) is 13.7 Å². The number of nitrogens with zero attached hydrogens (tertiary/aromatic N) is 1. The van der Waals surface area contributed by atoms with E-state index in [2.05, 4.69) is 0 Å². The summed E-state index contributed by atoms with van der Waals surface area (Å²) >= 11 is 0. The molecular weight excluding hydrogens is 234 g/mol. The van der Waals surface area contributed by atoms with Crippen molar-refractivity contribution in [2.24, 2.45) is 0 Å². The van der Waals surface area contributed by atoms with Gasteiger partial charge in [0.1, 0.15) is 11.1 Å². The fraction of sp³-hybridized carbons (Fsp3) is 0.846. The van der Waals surface area contributed by atoms with Crippen molar-refractivity contribution >= 4 is 12.1 Å². The van der Waals surface area contributed by atoms with Gasteiger partial charge in [-0.25, -0.2) is 9.59 Å². The Hall–Kier alpha value is -1.26. The number of amides is 1. The summed E-state index contributed by atoms with van der Waals surface area (Å²) in [6, 6.07) is 0. The molecule has 0 unspecified atom stereocenters. The Morgan fingerprint density at radius 1 is 1.11 bits per heavy atom. The van der Waals surface area contributed by atoms with Crippen LogP contribution in [0.5, 0.6) is 0 Å². The first-order valence-corrected chi connectivity index (χ1v) is 6.21. The van der Waals surface area contributed by atoms with Gasteiger partial charge in [0, 0.05) is 6.54 Å². The van der Waals surface area contributed by atoms with Crippen molar-refractivity contribution in [2.45, 2.75) is 59.1 Å². The third-order valence-corrected chi connectivity index (χ3v) is 2.84. The molecule has 0 rings (SSSR count). The van der Waals surface area contributed by atoms with Gasteiger partial charge in [0.25, 0.3) is 0 Å². The zero-order valence-electron chi connectivity index (χ0n) is 12.5. The molecule has 0 aromatic heterocycles. The highest BCUT2D eigenvalue weighted by Gasteiger charge is 2.42. The molecule has 5 heteroatoms. The molecule has 0 aromatic carbocycles. The quantitative estimate of drug-likeness (QED) is 0.728. The maximum Gasteiger partial charge on any atom is 0.411 e. The summed E-state index contributed by atoms with van der Waals surface area (Å²) in [7, 11) is 1.32. The highest BCUT2D eigenvalue weighted by Crippen LogP contribution is 2.23. The van der Waals surface area contributed by atoms with Gasteiger partial charge in [-0.05, 0) is 41.0 Å². The fourth-order valence-electron chi connectivity index (χ4n) is 1.66. The number of rotatable bonds is 4. The van der Waals surface area contributed by atoms with Gasteiger partial charge in [-0.15, -0.1) is 0 Å². The SMILES string of the molecule is CCN(C(=O)OC(C)(C)C)[C@@](C)(CC)C(=O)OC. The van der Waals surface area contributed by atoms with Gasteiger partial charge >= 0.3 is 12.1 Å². The molecule has 0 N–H and O–H groups in total. The third-order valence-electron chi connectivity index (χ3n) is 2.84. The number of carbonyl (C=O) groups excluding carboxylic acids is 2. The maximum atomic E-state index is 12.1. The third kappa shape index (κ3) is 3.89. The lowest BCUT2D eigenvalue weighted by atomic mass is 9.97. The second-order valence-corrected chi connectivity index (χ2v) is 5.34. The lowest BCUT2D eigenvalue weighted by Crippen LogP contribution is -2.56. The molecule has 0 bridgehead atoms. The van der Waals surface area contributed by atoms with Gasteiger partial charge in [-0.2, -0.15) is 0 Å². The van der Waals surface area contributed by atoms with E-state index in [0.29, 0.717) is 13.0 Å². The first-order valence-electron chi connectivity index (χ1n) is 6.21. The van der Waals surface area contributed by atoms with Crippen LogP contribution in [0.2, 0.25) is 0 Å². The monoisotopic (exact) mass is 259 g/mol. The number of ether oxygens (including phenoxy) is 2. The second kappa shape index (κ2) is 6.07. The first-order chi connectivity index (χ1) is 8.12. The van der Waals surface area contributed by atoms with E-state index in [9.17, 15) is 9.59 Å². The molecule has 5 nitrogen and oxygen atoms in total. The van der Waals surface area contributed by atoms with E-state index in [-0.39, 0.29) is 0 Å². The van der Waals surface area contributed by atoms with Crippen LogP contribution in [-0.4, -0.2) is 41.8 Å². The summed E-state index contributed by atoms with van der Waals surface area (Å²) < 4.78 is 10.1. The van der Waals surface area contributed by atoms with Crippen LogP contribution in [0.1, 0.15) is 48.0 Å². The van der Waals surface area contributed by atoms with E-state index >= 15 is 0 Å². The van der Waals surface area contributed by atoms with E-state index in [4.69, 9.17) is 9.47 Å². The van der Waals surface area contributed by atoms with Crippen molar-refractivity contribution in [3.8, 4) is 0 Å². The summed E-state index contributed by atoms with van der Waals surface area (Å²) in [5.74, 6) is -0.433. The summed E-state index contributed by atoms with van der Waals surface area (Å²) in [4.78, 5) is 25.4. The minimum Gasteiger partial charge on any atom is -0.467 e. The lowest BCUT2D eigenvalue weighted by molar-refractivity contribution is -0.154. The van der Waals surface area contributed by atoms with E-state index < -0.39 is 23.2 Å². The smallest absolute Gasteiger partial charge is 0.411 e. The molecule has 1 amide bonds. The highest BCUT2D eigenvalue weighted by atomic mass is 16.6. The van der Waals surface area contributed by atoms with Crippen molar-refractivity contribution in [3.05, 3.63) is 0 Å². The molecule has 0 radical (unpaired) electrons. The van der Waals surface area contributed by atoms with Gasteiger partial charge in [0.2, 0.25) is 0 Å². The molecule has 0 aliphatic carbocycles. The van der Waals surface area contributed by atoms with Crippen LogP contribution in [0.15, 0.2) is 0 Å². The Morgan fingerprint density at radius 3 is 1.89 bits per heavy atom. The van der Waals surface area contributed by atoms with Gasteiger partial charge in [-0.1, -0.05) is 6.92 Å². The normalized spacial score (nSPS) is 14.6. The van der Waals surface area contributed by atoms with Gasteiger partial charge in [-0.3, -0.25) is 4.90 Å². The zero-order chi connectivity index (χ0) is 14.6. The van der Waals surface area contributed by atoms with Crippen molar-refractivity contribution in [3.63, 3.8) is 0 Å². The number of methoxy groups -OCH3 is 1. The average Bonchev–Trinajstić information content (AvgIpc) is 2.25. The second-order valence-electron chi connectivity index (χ2n) is 5.34. The topological polar surface area (TPSA) is 55.8 Å². The number of hydrogen-bond donors (Lipinski definition) is 0. The summed E-state index contributed by atoms with van der Waals surface area (Å²) in [5.41, 5.74) is -1.58. The molecule has 0 aromatic rings. The molecule has 18 heavy (non-hydrogen) atoms. The molecule has 0 aliphatic heterocycles. The van der Waals surface area contributed by atoms with E-state index in [1.807, 2.05) is 6.92 Å². The molecule has 0 heterocycles. The van der Waals surface area contributed by atoms with Gasteiger partial charge < -0.3 is 9.47 Å². The largest absolute Gasteiger partial charge is 0.467 e. The Morgan fingerprint density at radius 2 is 1.61 bits per heavy atom. The van der Waals surface area contributed by atoms with Crippen molar-refractivity contribution in [1.29, 1.82) is 0 Å². The molecular formula is C13H25NO4. The Labute approximate surface area is 109 Å². The van der Waals surface area contributed by atoms with Crippen molar-refractivity contribution < 1.29 is 19.1 Å². The standard InChI is InChI=1S/C13H25NO4/c1-8-13(6,10(15)17-7)14(9-2)11(16)18-12(3,4)5/h8-9H2,1-7H3/t13-/m0/s1. The zero-order valence-corrected chi connectivity index (χ0v) is 12.5. The number of likely N-dealkylation sites (N-methyl/N-ethyl adjacent to an activating group) is 1. The molecule has 0 spiro atoms.